The van der Waals surface area contributed by atoms with Gasteiger partial charge in [-0.3, -0.25) is 0 Å². The lowest BCUT2D eigenvalue weighted by Crippen LogP contribution is -2.29. The van der Waals surface area contributed by atoms with Crippen LogP contribution in [0.15, 0.2) is 61.7 Å². The number of hydrogen-bond acceptors (Lipinski definition) is 6. The van der Waals surface area contributed by atoms with Crippen LogP contribution in [0.5, 0.6) is 11.5 Å². The van der Waals surface area contributed by atoms with Crippen LogP contribution in [0.1, 0.15) is 61.1 Å². The summed E-state index contributed by atoms with van der Waals surface area (Å²) >= 11 is 0. The van der Waals surface area contributed by atoms with Crippen molar-refractivity contribution in [3.63, 3.8) is 0 Å². The monoisotopic (exact) mass is 476 g/mol. The maximum Gasteiger partial charge on any atom is 0.164 e. The van der Waals surface area contributed by atoms with Crippen LogP contribution in [-0.2, 0) is 6.54 Å². The number of benzene rings is 2. The van der Waals surface area contributed by atoms with Crippen molar-refractivity contribution in [3.8, 4) is 11.5 Å². The minimum absolute atomic E-state index is 0.0333. The number of nitrogens with one attached hydrogen (secondary N) is 1. The summed E-state index contributed by atoms with van der Waals surface area (Å²) in [5.41, 5.74) is 3.68. The molecule has 35 heavy (non-hydrogen) atoms. The maximum atomic E-state index is 13.2. The summed E-state index contributed by atoms with van der Waals surface area (Å²) in [5, 5.41) is 23.8. The van der Waals surface area contributed by atoms with Gasteiger partial charge < -0.3 is 20.4 Å². The van der Waals surface area contributed by atoms with Crippen molar-refractivity contribution in [1.82, 2.24) is 20.2 Å². The van der Waals surface area contributed by atoms with Gasteiger partial charge in [0.05, 0.1) is 17.4 Å². The molecule has 0 aliphatic heterocycles. The van der Waals surface area contributed by atoms with E-state index in [9.17, 15) is 14.6 Å². The van der Waals surface area contributed by atoms with Crippen molar-refractivity contribution in [2.75, 3.05) is 6.54 Å². The third-order valence-electron chi connectivity index (χ3n) is 5.83. The first-order valence-electron chi connectivity index (χ1n) is 11.7. The summed E-state index contributed by atoms with van der Waals surface area (Å²) in [6.45, 7) is 15.4. The molecule has 3 aromatic rings. The molecule has 1 unspecified atom stereocenters. The molecular formula is C28H33FN4O2. The normalized spacial score (nSPS) is 11.7. The minimum atomic E-state index is -0.296. The Morgan fingerprint density at radius 2 is 1.80 bits per heavy atom. The number of phenolic OH excluding ortho intramolecular Hbond substituents is 1. The Morgan fingerprint density at radius 1 is 1.09 bits per heavy atom. The summed E-state index contributed by atoms with van der Waals surface area (Å²) in [6, 6.07) is 13.0. The van der Waals surface area contributed by atoms with Gasteiger partial charge in [0.1, 0.15) is 17.3 Å². The summed E-state index contributed by atoms with van der Waals surface area (Å²) in [4.78, 5) is 11.5. The lowest BCUT2D eigenvalue weighted by molar-refractivity contribution is 0.278. The van der Waals surface area contributed by atoms with Crippen LogP contribution in [0.4, 0.5) is 4.39 Å². The van der Waals surface area contributed by atoms with Crippen LogP contribution < -0.4 is 5.32 Å². The van der Waals surface area contributed by atoms with E-state index in [4.69, 9.17) is 4.98 Å². The Bertz CT molecular complexity index is 1190. The van der Waals surface area contributed by atoms with Gasteiger partial charge in [-0.15, -0.1) is 0 Å². The Morgan fingerprint density at radius 3 is 2.43 bits per heavy atom. The molecule has 0 aliphatic carbocycles. The summed E-state index contributed by atoms with van der Waals surface area (Å²) < 4.78 is 13.2. The molecule has 0 amide bonds. The Labute approximate surface area is 206 Å². The molecule has 1 aromatic heterocycles. The van der Waals surface area contributed by atoms with E-state index in [0.717, 1.165) is 29.8 Å². The van der Waals surface area contributed by atoms with Gasteiger partial charge in [0.25, 0.3) is 0 Å². The van der Waals surface area contributed by atoms with Crippen molar-refractivity contribution in [2.45, 2.75) is 46.2 Å². The highest BCUT2D eigenvalue weighted by molar-refractivity contribution is 5.65. The second-order valence-corrected chi connectivity index (χ2v) is 8.44. The van der Waals surface area contributed by atoms with Gasteiger partial charge >= 0.3 is 0 Å². The SMILES string of the molecule is C=C(NCc1ccc(F)cc1)c1nc(C(CC)N(CCC)C(=C)c2cccc(O)c2)nc(C)c1O. The maximum absolute atomic E-state index is 13.2. The Balaban J connectivity index is 1.91. The van der Waals surface area contributed by atoms with Crippen molar-refractivity contribution >= 4 is 11.4 Å². The number of hydrogen-bond donors (Lipinski definition) is 3. The van der Waals surface area contributed by atoms with Crippen molar-refractivity contribution < 1.29 is 14.6 Å². The largest absolute Gasteiger partial charge is 0.508 e. The van der Waals surface area contributed by atoms with E-state index in [-0.39, 0.29) is 23.4 Å². The topological polar surface area (TPSA) is 81.5 Å². The lowest BCUT2D eigenvalue weighted by Gasteiger charge is -2.34. The molecule has 0 saturated heterocycles. The summed E-state index contributed by atoms with van der Waals surface area (Å²) in [5.74, 6) is 0.401. The van der Waals surface area contributed by atoms with E-state index in [0.29, 0.717) is 35.9 Å². The van der Waals surface area contributed by atoms with Gasteiger partial charge in [0.2, 0.25) is 0 Å². The Kier molecular flexibility index (Phi) is 8.47. The van der Waals surface area contributed by atoms with Gasteiger partial charge in [-0.05, 0) is 49.6 Å². The van der Waals surface area contributed by atoms with Gasteiger partial charge in [0.15, 0.2) is 11.6 Å². The quantitative estimate of drug-likeness (QED) is 0.318. The third-order valence-corrected chi connectivity index (χ3v) is 5.83. The summed E-state index contributed by atoms with van der Waals surface area (Å²) in [6.07, 6.45) is 1.58. The van der Waals surface area contributed by atoms with Crippen molar-refractivity contribution in [3.05, 3.63) is 95.8 Å². The van der Waals surface area contributed by atoms with E-state index in [1.807, 2.05) is 6.07 Å². The van der Waals surface area contributed by atoms with Crippen molar-refractivity contribution in [2.24, 2.45) is 0 Å². The van der Waals surface area contributed by atoms with Crippen LogP contribution in [0, 0.1) is 12.7 Å². The van der Waals surface area contributed by atoms with Crippen LogP contribution >= 0.6 is 0 Å². The van der Waals surface area contributed by atoms with Gasteiger partial charge in [-0.2, -0.15) is 0 Å². The zero-order chi connectivity index (χ0) is 25.5. The first-order valence-corrected chi connectivity index (χ1v) is 11.7. The van der Waals surface area contributed by atoms with E-state index in [2.05, 4.69) is 42.2 Å². The van der Waals surface area contributed by atoms with E-state index in [1.54, 1.807) is 37.3 Å². The highest BCUT2D eigenvalue weighted by atomic mass is 19.1. The van der Waals surface area contributed by atoms with Crippen LogP contribution in [0.25, 0.3) is 11.4 Å². The molecule has 3 rings (SSSR count). The van der Waals surface area contributed by atoms with Gasteiger partial charge in [-0.25, -0.2) is 14.4 Å². The van der Waals surface area contributed by atoms with Gasteiger partial charge in [0, 0.05) is 24.4 Å². The third kappa shape index (κ3) is 6.18. The summed E-state index contributed by atoms with van der Waals surface area (Å²) in [7, 11) is 0. The number of aromatic nitrogens is 2. The number of aryl methyl sites for hydroxylation is 1. The molecule has 0 radical (unpaired) electrons. The van der Waals surface area contributed by atoms with E-state index >= 15 is 0 Å². The molecule has 0 saturated carbocycles. The molecular weight excluding hydrogens is 443 g/mol. The van der Waals surface area contributed by atoms with Crippen molar-refractivity contribution in [1.29, 1.82) is 0 Å². The first-order chi connectivity index (χ1) is 16.7. The highest BCUT2D eigenvalue weighted by Gasteiger charge is 2.25. The molecule has 0 bridgehead atoms. The van der Waals surface area contributed by atoms with Crippen LogP contribution in [-0.4, -0.2) is 31.6 Å². The number of phenols is 1. The fourth-order valence-corrected chi connectivity index (χ4v) is 3.96. The second-order valence-electron chi connectivity index (χ2n) is 8.44. The van der Waals surface area contributed by atoms with Crippen LogP contribution in [0.2, 0.25) is 0 Å². The average molecular weight is 477 g/mol. The van der Waals surface area contributed by atoms with E-state index < -0.39 is 0 Å². The smallest absolute Gasteiger partial charge is 0.164 e. The number of aromatic hydroxyl groups is 2. The molecule has 7 heteroatoms. The molecule has 0 aliphatic rings. The molecule has 0 fully saturated rings. The molecule has 2 aromatic carbocycles. The predicted octanol–water partition coefficient (Wildman–Crippen LogP) is 5.93. The molecule has 184 valence electrons. The Hall–Kier alpha value is -3.87. The zero-order valence-electron chi connectivity index (χ0n) is 20.6. The van der Waals surface area contributed by atoms with Crippen LogP contribution in [0.3, 0.4) is 0 Å². The standard InChI is InChI=1S/C28H33FN4O2/c1-6-15-33(20(5)22-9-8-10-24(34)16-22)25(7-2)28-31-19(4)27(35)26(32-28)18(3)30-17-21-11-13-23(29)14-12-21/h8-14,16,25,30,34-35H,3,5-7,15,17H2,1-2,4H3. The molecule has 1 atom stereocenters. The number of nitrogens with zero attached hydrogens (tertiary/aromatic N) is 3. The fourth-order valence-electron chi connectivity index (χ4n) is 3.96. The van der Waals surface area contributed by atoms with E-state index in [1.165, 1.54) is 12.1 Å². The molecule has 3 N–H and O–H groups in total. The highest BCUT2D eigenvalue weighted by Crippen LogP contribution is 2.33. The minimum Gasteiger partial charge on any atom is -0.508 e. The molecule has 6 nitrogen and oxygen atoms in total. The zero-order valence-corrected chi connectivity index (χ0v) is 20.6. The molecule has 0 spiro atoms. The lowest BCUT2D eigenvalue weighted by atomic mass is 10.1. The molecule has 1 heterocycles. The predicted molar refractivity (Wildman–Crippen MR) is 138 cm³/mol. The fraction of sp³-hybridized carbons (Fsp3) is 0.286. The second kappa shape index (κ2) is 11.5. The first kappa shape index (κ1) is 25.7. The van der Waals surface area contributed by atoms with Gasteiger partial charge in [-0.1, -0.05) is 51.3 Å². The average Bonchev–Trinajstić information content (AvgIpc) is 2.85. The number of rotatable bonds is 11. The number of halogens is 1.